The SMILES string of the molecule is O=S(=O)(NC(c1cccs1)c1cc2ccccc2n1-c1ncccn1)c1cccs1. The van der Waals surface area contributed by atoms with Crippen LogP contribution in [0.1, 0.15) is 16.6 Å². The molecule has 0 saturated heterocycles. The molecular weight excluding hydrogens is 436 g/mol. The van der Waals surface area contributed by atoms with Gasteiger partial charge >= 0.3 is 0 Å². The van der Waals surface area contributed by atoms with Gasteiger partial charge in [0.2, 0.25) is 5.95 Å². The van der Waals surface area contributed by atoms with Crippen LogP contribution in [0, 0.1) is 0 Å². The third-order valence-corrected chi connectivity index (χ3v) is 8.41. The van der Waals surface area contributed by atoms with Crippen LogP contribution in [0.25, 0.3) is 16.9 Å². The lowest BCUT2D eigenvalue weighted by molar-refractivity contribution is 0.572. The molecular formula is C21H16N4O2S3. The zero-order chi connectivity index (χ0) is 20.6. The fraction of sp³-hybridized carbons (Fsp3) is 0.0476. The van der Waals surface area contributed by atoms with Gasteiger partial charge in [0.25, 0.3) is 10.0 Å². The molecule has 5 rings (SSSR count). The number of benzene rings is 1. The van der Waals surface area contributed by atoms with E-state index in [9.17, 15) is 8.42 Å². The number of sulfonamides is 1. The molecule has 4 heterocycles. The maximum atomic E-state index is 13.1. The van der Waals surface area contributed by atoms with Crippen molar-refractivity contribution in [2.45, 2.75) is 10.3 Å². The third-order valence-electron chi connectivity index (χ3n) is 4.65. The van der Waals surface area contributed by atoms with E-state index in [-0.39, 0.29) is 4.21 Å². The van der Waals surface area contributed by atoms with E-state index in [0.717, 1.165) is 21.5 Å². The predicted octanol–water partition coefficient (Wildman–Crippen LogP) is 4.61. The van der Waals surface area contributed by atoms with Crippen LogP contribution in [-0.4, -0.2) is 23.0 Å². The second-order valence-corrected chi connectivity index (χ2v) is 10.4. The molecule has 0 aliphatic heterocycles. The zero-order valence-electron chi connectivity index (χ0n) is 15.5. The molecule has 0 bridgehead atoms. The Labute approximate surface area is 181 Å². The van der Waals surface area contributed by atoms with Gasteiger partial charge in [-0.25, -0.2) is 18.4 Å². The van der Waals surface area contributed by atoms with Gasteiger partial charge in [-0.15, -0.1) is 22.7 Å². The number of para-hydroxylation sites is 1. The minimum Gasteiger partial charge on any atom is -0.280 e. The quantitative estimate of drug-likeness (QED) is 0.408. The predicted molar refractivity (Wildman–Crippen MR) is 120 cm³/mol. The molecule has 0 spiro atoms. The number of nitrogens with one attached hydrogen (secondary N) is 1. The Morgan fingerprint density at radius 2 is 1.67 bits per heavy atom. The second kappa shape index (κ2) is 7.77. The van der Waals surface area contributed by atoms with Crippen LogP contribution in [0.4, 0.5) is 0 Å². The Bertz CT molecular complexity index is 1380. The number of fused-ring (bicyclic) bond motifs is 1. The molecule has 0 aliphatic rings. The Hall–Kier alpha value is -2.85. The molecule has 1 N–H and O–H groups in total. The van der Waals surface area contributed by atoms with Crippen molar-refractivity contribution < 1.29 is 8.42 Å². The number of hydrogen-bond donors (Lipinski definition) is 1. The van der Waals surface area contributed by atoms with Crippen molar-refractivity contribution in [1.82, 2.24) is 19.3 Å². The van der Waals surface area contributed by atoms with Crippen LogP contribution < -0.4 is 4.72 Å². The van der Waals surface area contributed by atoms with Crippen LogP contribution in [0.5, 0.6) is 0 Å². The smallest absolute Gasteiger partial charge is 0.250 e. The summed E-state index contributed by atoms with van der Waals surface area (Å²) in [6.45, 7) is 0. The summed E-state index contributed by atoms with van der Waals surface area (Å²) in [4.78, 5) is 9.73. The summed E-state index contributed by atoms with van der Waals surface area (Å²) >= 11 is 2.69. The first kappa shape index (κ1) is 19.1. The van der Waals surface area contributed by atoms with E-state index < -0.39 is 16.1 Å². The number of aromatic nitrogens is 3. The number of nitrogens with zero attached hydrogens (tertiary/aromatic N) is 3. The molecule has 1 aromatic carbocycles. The van der Waals surface area contributed by atoms with Crippen molar-refractivity contribution in [2.75, 3.05) is 0 Å². The molecule has 6 nitrogen and oxygen atoms in total. The van der Waals surface area contributed by atoms with Gasteiger partial charge in [-0.3, -0.25) is 4.57 Å². The van der Waals surface area contributed by atoms with Crippen LogP contribution in [0.15, 0.2) is 88.0 Å². The van der Waals surface area contributed by atoms with E-state index in [2.05, 4.69) is 14.7 Å². The average Bonchev–Trinajstić information content (AvgIpc) is 3.53. The topological polar surface area (TPSA) is 76.9 Å². The van der Waals surface area contributed by atoms with Gasteiger partial charge in [-0.1, -0.05) is 30.3 Å². The van der Waals surface area contributed by atoms with Crippen LogP contribution >= 0.6 is 22.7 Å². The third kappa shape index (κ3) is 3.46. The molecule has 4 aromatic heterocycles. The molecule has 1 unspecified atom stereocenters. The molecule has 9 heteroatoms. The van der Waals surface area contributed by atoms with E-state index in [1.165, 1.54) is 22.7 Å². The molecule has 0 saturated carbocycles. The Morgan fingerprint density at radius 3 is 2.40 bits per heavy atom. The average molecular weight is 453 g/mol. The second-order valence-electron chi connectivity index (χ2n) is 6.51. The minimum absolute atomic E-state index is 0.280. The molecule has 5 aromatic rings. The van der Waals surface area contributed by atoms with Crippen molar-refractivity contribution in [2.24, 2.45) is 0 Å². The standard InChI is InChI=1S/C21H16N4O2S3/c26-30(27,19-9-4-13-29-19)24-20(18-8-3-12-28-18)17-14-15-6-1-2-7-16(15)25(17)21-22-10-5-11-23-21/h1-14,20,24H. The molecule has 0 amide bonds. The van der Waals surface area contributed by atoms with Crippen molar-refractivity contribution in [3.63, 3.8) is 0 Å². The Kier molecular flexibility index (Phi) is 4.95. The van der Waals surface area contributed by atoms with Gasteiger partial charge in [0.05, 0.1) is 17.3 Å². The normalized spacial score (nSPS) is 12.9. The van der Waals surface area contributed by atoms with Crippen LogP contribution in [0.3, 0.4) is 0 Å². The zero-order valence-corrected chi connectivity index (χ0v) is 18.0. The Morgan fingerprint density at radius 1 is 0.900 bits per heavy atom. The highest BCUT2D eigenvalue weighted by molar-refractivity contribution is 7.91. The summed E-state index contributed by atoms with van der Waals surface area (Å²) < 4.78 is 31.3. The lowest BCUT2D eigenvalue weighted by Crippen LogP contribution is -2.30. The molecule has 0 fully saturated rings. The summed E-state index contributed by atoms with van der Waals surface area (Å²) in [5, 5.41) is 4.67. The number of hydrogen-bond acceptors (Lipinski definition) is 6. The molecule has 1 atom stereocenters. The first-order valence-electron chi connectivity index (χ1n) is 9.10. The molecule has 0 aliphatic carbocycles. The number of thiophene rings is 2. The maximum Gasteiger partial charge on any atom is 0.250 e. The Balaban J connectivity index is 1.73. The summed E-state index contributed by atoms with van der Waals surface area (Å²) in [5.41, 5.74) is 1.67. The van der Waals surface area contributed by atoms with E-state index in [4.69, 9.17) is 0 Å². The molecule has 150 valence electrons. The lowest BCUT2D eigenvalue weighted by atomic mass is 10.1. The molecule has 30 heavy (non-hydrogen) atoms. The van der Waals surface area contributed by atoms with Gasteiger partial charge in [-0.2, -0.15) is 4.72 Å². The summed E-state index contributed by atoms with van der Waals surface area (Å²) in [6.07, 6.45) is 3.35. The van der Waals surface area contributed by atoms with Gasteiger partial charge in [0.15, 0.2) is 0 Å². The van der Waals surface area contributed by atoms with Crippen LogP contribution in [0.2, 0.25) is 0 Å². The highest BCUT2D eigenvalue weighted by Gasteiger charge is 2.28. The van der Waals surface area contributed by atoms with Crippen molar-refractivity contribution in [3.8, 4) is 5.95 Å². The highest BCUT2D eigenvalue weighted by Crippen LogP contribution is 2.34. The van der Waals surface area contributed by atoms with E-state index in [0.29, 0.717) is 5.95 Å². The largest absolute Gasteiger partial charge is 0.280 e. The first-order chi connectivity index (χ1) is 14.6. The van der Waals surface area contributed by atoms with E-state index >= 15 is 0 Å². The van der Waals surface area contributed by atoms with E-state index in [1.54, 1.807) is 36.0 Å². The van der Waals surface area contributed by atoms with Gasteiger partial charge in [-0.05, 0) is 41.1 Å². The van der Waals surface area contributed by atoms with Gasteiger partial charge in [0.1, 0.15) is 4.21 Å². The van der Waals surface area contributed by atoms with Crippen molar-refractivity contribution in [1.29, 1.82) is 0 Å². The van der Waals surface area contributed by atoms with Gasteiger partial charge in [0, 0.05) is 22.7 Å². The van der Waals surface area contributed by atoms with Crippen LogP contribution in [-0.2, 0) is 10.0 Å². The molecule has 0 radical (unpaired) electrons. The fourth-order valence-electron chi connectivity index (χ4n) is 3.37. The highest BCUT2D eigenvalue weighted by atomic mass is 32.2. The summed E-state index contributed by atoms with van der Waals surface area (Å²) in [6, 6.07) is 18.2. The van der Waals surface area contributed by atoms with Gasteiger partial charge < -0.3 is 0 Å². The van der Waals surface area contributed by atoms with Crippen molar-refractivity contribution in [3.05, 3.63) is 94.4 Å². The maximum absolute atomic E-state index is 13.1. The summed E-state index contributed by atoms with van der Waals surface area (Å²) in [7, 11) is -3.71. The van der Waals surface area contributed by atoms with Crippen molar-refractivity contribution >= 4 is 43.6 Å². The minimum atomic E-state index is -3.71. The fourth-order valence-corrected chi connectivity index (χ4v) is 6.43. The monoisotopic (exact) mass is 452 g/mol. The first-order valence-corrected chi connectivity index (χ1v) is 12.3. The summed E-state index contributed by atoms with van der Waals surface area (Å²) in [5.74, 6) is 0.491. The number of rotatable bonds is 6. The van der Waals surface area contributed by atoms with E-state index in [1.807, 2.05) is 52.4 Å². The lowest BCUT2D eigenvalue weighted by Gasteiger charge is -2.19.